The van der Waals surface area contributed by atoms with Crippen LogP contribution in [0.4, 0.5) is 5.82 Å². The number of hydrogen-bond donors (Lipinski definition) is 3. The number of aromatic amines is 2. The molecule has 1 saturated heterocycles. The number of imidazole rings is 1. The average Bonchev–Trinajstić information content (AvgIpc) is 3.42. The largest absolute Gasteiger partial charge is 0.374 e. The quantitative estimate of drug-likeness (QED) is 0.393. The highest BCUT2D eigenvalue weighted by Gasteiger charge is 2.26. The summed E-state index contributed by atoms with van der Waals surface area (Å²) in [5.74, 6) is 0.713. The minimum atomic E-state index is -3.54. The van der Waals surface area contributed by atoms with E-state index in [1.807, 2.05) is 31.2 Å². The number of nitrogens with one attached hydrogen (secondary N) is 3. The SMILES string of the molecule is Cc1cc(NC(=O)c2ccc(S(=O)(=O)N3CCCCC3)cc2)[n+](-c2nc3ccccc3[nH]2)[nH]1. The lowest BCUT2D eigenvalue weighted by atomic mass is 10.2. The van der Waals surface area contributed by atoms with Crippen LogP contribution in [0.1, 0.15) is 35.3 Å². The van der Waals surface area contributed by atoms with Crippen molar-refractivity contribution in [3.05, 3.63) is 65.9 Å². The van der Waals surface area contributed by atoms with Gasteiger partial charge in [0.15, 0.2) is 5.52 Å². The Hall–Kier alpha value is -3.50. The second-order valence-corrected chi connectivity index (χ2v) is 10.1. The van der Waals surface area contributed by atoms with E-state index in [1.54, 1.807) is 10.7 Å². The van der Waals surface area contributed by atoms with Crippen molar-refractivity contribution in [1.82, 2.24) is 19.4 Å². The Kier molecular flexibility index (Phi) is 5.47. The number of amides is 1. The van der Waals surface area contributed by atoms with Gasteiger partial charge < -0.3 is 0 Å². The molecule has 10 heteroatoms. The van der Waals surface area contributed by atoms with Crippen LogP contribution in [0.5, 0.6) is 0 Å². The van der Waals surface area contributed by atoms with Gasteiger partial charge in [0.2, 0.25) is 15.8 Å². The van der Waals surface area contributed by atoms with Gasteiger partial charge in [0.05, 0.1) is 10.5 Å². The van der Waals surface area contributed by atoms with Gasteiger partial charge in [0, 0.05) is 24.8 Å². The summed E-state index contributed by atoms with van der Waals surface area (Å²) in [6, 6.07) is 15.5. The summed E-state index contributed by atoms with van der Waals surface area (Å²) >= 11 is 0. The molecule has 0 atom stereocenters. The van der Waals surface area contributed by atoms with Gasteiger partial charge in [-0.05, 0) is 56.2 Å². The Morgan fingerprint density at radius 3 is 2.52 bits per heavy atom. The van der Waals surface area contributed by atoms with Gasteiger partial charge in [-0.15, -0.1) is 9.67 Å². The zero-order valence-corrected chi connectivity index (χ0v) is 19.0. The third-order valence-corrected chi connectivity index (χ3v) is 7.69. The van der Waals surface area contributed by atoms with Crippen molar-refractivity contribution in [1.29, 1.82) is 0 Å². The molecule has 0 spiro atoms. The first-order valence-corrected chi connectivity index (χ1v) is 12.3. The minimum Gasteiger partial charge on any atom is -0.258 e. The molecule has 3 heterocycles. The summed E-state index contributed by atoms with van der Waals surface area (Å²) in [6.07, 6.45) is 2.81. The molecule has 5 rings (SSSR count). The van der Waals surface area contributed by atoms with Gasteiger partial charge in [-0.2, -0.15) is 4.31 Å². The van der Waals surface area contributed by atoms with Gasteiger partial charge in [-0.1, -0.05) is 18.6 Å². The zero-order chi connectivity index (χ0) is 23.0. The van der Waals surface area contributed by atoms with Crippen LogP contribution in [-0.2, 0) is 10.0 Å². The van der Waals surface area contributed by atoms with Crippen molar-refractivity contribution in [2.75, 3.05) is 18.4 Å². The highest BCUT2D eigenvalue weighted by Crippen LogP contribution is 2.21. The van der Waals surface area contributed by atoms with Gasteiger partial charge >= 0.3 is 5.95 Å². The van der Waals surface area contributed by atoms with Crippen LogP contribution in [0, 0.1) is 6.92 Å². The molecule has 2 aromatic heterocycles. The second kappa shape index (κ2) is 8.45. The highest BCUT2D eigenvalue weighted by molar-refractivity contribution is 7.89. The summed E-state index contributed by atoms with van der Waals surface area (Å²) in [7, 11) is -3.54. The van der Waals surface area contributed by atoms with Crippen LogP contribution in [-0.4, -0.2) is 46.8 Å². The first-order chi connectivity index (χ1) is 15.9. The van der Waals surface area contributed by atoms with E-state index in [0.717, 1.165) is 36.0 Å². The fourth-order valence-corrected chi connectivity index (χ4v) is 5.58. The molecule has 33 heavy (non-hydrogen) atoms. The van der Waals surface area contributed by atoms with E-state index in [-0.39, 0.29) is 10.8 Å². The summed E-state index contributed by atoms with van der Waals surface area (Å²) < 4.78 is 28.9. The number of carbonyl (C=O) groups is 1. The molecule has 0 bridgehead atoms. The number of carbonyl (C=O) groups excluding carboxylic acids is 1. The van der Waals surface area contributed by atoms with Crippen LogP contribution >= 0.6 is 0 Å². The van der Waals surface area contributed by atoms with Crippen LogP contribution in [0.15, 0.2) is 59.5 Å². The third kappa shape index (κ3) is 4.14. The molecule has 0 aliphatic carbocycles. The van der Waals surface area contributed by atoms with E-state index in [2.05, 4.69) is 20.4 Å². The summed E-state index contributed by atoms with van der Waals surface area (Å²) in [4.78, 5) is 20.9. The maximum atomic E-state index is 12.9. The van der Waals surface area contributed by atoms with Gasteiger partial charge in [0.1, 0.15) is 5.52 Å². The fraction of sp³-hybridized carbons (Fsp3) is 0.261. The number of aryl methyl sites for hydroxylation is 1. The van der Waals surface area contributed by atoms with E-state index in [1.165, 1.54) is 28.6 Å². The van der Waals surface area contributed by atoms with Crippen molar-refractivity contribution in [2.45, 2.75) is 31.1 Å². The number of benzene rings is 2. The number of H-pyrrole nitrogens is 2. The Labute approximate surface area is 191 Å². The van der Waals surface area contributed by atoms with Crippen molar-refractivity contribution < 1.29 is 17.9 Å². The molecule has 1 aliphatic heterocycles. The zero-order valence-electron chi connectivity index (χ0n) is 18.2. The number of fused-ring (bicyclic) bond motifs is 1. The van der Waals surface area contributed by atoms with Crippen LogP contribution in [0.2, 0.25) is 0 Å². The molecule has 1 fully saturated rings. The Bertz CT molecular complexity index is 1380. The van der Waals surface area contributed by atoms with Crippen molar-refractivity contribution in [3.8, 4) is 5.95 Å². The van der Waals surface area contributed by atoms with Crippen molar-refractivity contribution >= 4 is 32.8 Å². The molecule has 170 valence electrons. The van der Waals surface area contributed by atoms with Crippen molar-refractivity contribution in [2.24, 2.45) is 0 Å². The van der Waals surface area contributed by atoms with E-state index in [4.69, 9.17) is 0 Å². The monoisotopic (exact) mass is 465 g/mol. The number of sulfonamides is 1. The molecule has 2 aromatic carbocycles. The number of aromatic nitrogens is 4. The van der Waals surface area contributed by atoms with E-state index in [9.17, 15) is 13.2 Å². The molecular weight excluding hydrogens is 440 g/mol. The maximum Gasteiger partial charge on any atom is 0.374 e. The number of piperidine rings is 1. The predicted octanol–water partition coefficient (Wildman–Crippen LogP) is 2.90. The number of rotatable bonds is 5. The molecule has 4 aromatic rings. The first-order valence-electron chi connectivity index (χ1n) is 10.9. The normalized spacial score (nSPS) is 15.1. The van der Waals surface area contributed by atoms with Crippen LogP contribution in [0.3, 0.4) is 0 Å². The molecule has 3 N–H and O–H groups in total. The number of hydrogen-bond acceptors (Lipinski definition) is 4. The van der Waals surface area contributed by atoms with Gasteiger partial charge in [-0.25, -0.2) is 8.42 Å². The summed E-state index contributed by atoms with van der Waals surface area (Å²) in [5.41, 5.74) is 2.90. The van der Waals surface area contributed by atoms with E-state index >= 15 is 0 Å². The summed E-state index contributed by atoms with van der Waals surface area (Å²) in [5, 5.41) is 6.05. The lowest BCUT2D eigenvalue weighted by Crippen LogP contribution is -2.38. The maximum absolute atomic E-state index is 12.9. The second-order valence-electron chi connectivity index (χ2n) is 8.18. The molecule has 1 amide bonds. The Morgan fingerprint density at radius 1 is 1.06 bits per heavy atom. The van der Waals surface area contributed by atoms with E-state index in [0.29, 0.717) is 30.4 Å². The van der Waals surface area contributed by atoms with Crippen molar-refractivity contribution in [3.63, 3.8) is 0 Å². The standard InChI is InChI=1S/C23H24N6O3S/c1-16-15-21(29(27-16)23-24-19-7-3-4-8-20(19)25-23)26-22(30)17-9-11-18(12-10-17)33(31,32)28-13-5-2-6-14-28/h3-4,7-12,15H,2,5-6,13-14H2,1H3,(H2,24,25,26,27,30)/p+1. The number of anilines is 1. The smallest absolute Gasteiger partial charge is 0.258 e. The fourth-order valence-electron chi connectivity index (χ4n) is 4.06. The molecule has 0 radical (unpaired) electrons. The highest BCUT2D eigenvalue weighted by atomic mass is 32.2. The number of para-hydroxylation sites is 2. The molecule has 0 saturated carbocycles. The van der Waals surface area contributed by atoms with Crippen LogP contribution < -0.4 is 10.00 Å². The minimum absolute atomic E-state index is 0.204. The molecule has 9 nitrogen and oxygen atoms in total. The lowest BCUT2D eigenvalue weighted by Gasteiger charge is -2.25. The lowest BCUT2D eigenvalue weighted by molar-refractivity contribution is -0.648. The third-order valence-electron chi connectivity index (χ3n) is 5.78. The topological polar surface area (TPSA) is 115 Å². The van der Waals surface area contributed by atoms with Gasteiger partial charge in [-0.3, -0.25) is 20.2 Å². The average molecular weight is 466 g/mol. The summed E-state index contributed by atoms with van der Waals surface area (Å²) in [6.45, 7) is 2.97. The molecule has 0 unspecified atom stereocenters. The Morgan fingerprint density at radius 2 is 1.79 bits per heavy atom. The molecular formula is C23H25N6O3S+. The Balaban J connectivity index is 1.37. The van der Waals surface area contributed by atoms with Crippen LogP contribution in [0.25, 0.3) is 17.0 Å². The first kappa shape index (κ1) is 21.4. The number of nitrogens with zero attached hydrogens (tertiary/aromatic N) is 3. The molecule has 1 aliphatic rings. The van der Waals surface area contributed by atoms with E-state index < -0.39 is 10.0 Å². The van der Waals surface area contributed by atoms with Gasteiger partial charge in [0.25, 0.3) is 5.91 Å². The predicted molar refractivity (Wildman–Crippen MR) is 124 cm³/mol.